The lowest BCUT2D eigenvalue weighted by atomic mass is 10.3. The van der Waals surface area contributed by atoms with Crippen molar-refractivity contribution in [2.24, 2.45) is 0 Å². The van der Waals surface area contributed by atoms with Crippen LogP contribution in [0.3, 0.4) is 0 Å². The monoisotopic (exact) mass is 197 g/mol. The summed E-state index contributed by atoms with van der Waals surface area (Å²) >= 11 is 3.71. The van der Waals surface area contributed by atoms with Crippen LogP contribution in [-0.4, -0.2) is 7.05 Å². The topological polar surface area (TPSA) is 3.24 Å². The van der Waals surface area contributed by atoms with Crippen LogP contribution < -0.4 is 4.90 Å². The molecular weight excluding hydrogens is 186 g/mol. The lowest BCUT2D eigenvalue weighted by Gasteiger charge is -2.13. The first-order valence-corrected chi connectivity index (χ1v) is 5.56. The average Bonchev–Trinajstić information content (AvgIpc) is 2.53. The number of hydrogen-bond acceptors (Lipinski definition) is 3. The Hall–Kier alpha value is -0.410. The van der Waals surface area contributed by atoms with Gasteiger partial charge in [0.2, 0.25) is 0 Å². The fourth-order valence-corrected chi connectivity index (χ4v) is 3.48. The fourth-order valence-electron chi connectivity index (χ4n) is 1.32. The molecule has 2 heterocycles. The van der Waals surface area contributed by atoms with E-state index in [-0.39, 0.29) is 0 Å². The molecule has 0 aliphatic carbocycles. The van der Waals surface area contributed by atoms with E-state index in [0.717, 1.165) is 0 Å². The van der Waals surface area contributed by atoms with Crippen molar-refractivity contribution in [1.29, 1.82) is 0 Å². The van der Waals surface area contributed by atoms with E-state index in [2.05, 4.69) is 37.2 Å². The third kappa shape index (κ3) is 1.08. The van der Waals surface area contributed by atoms with Crippen molar-refractivity contribution in [2.75, 3.05) is 11.9 Å². The molecule has 0 amide bonds. The van der Waals surface area contributed by atoms with Crippen LogP contribution in [-0.2, 0) is 0 Å². The Morgan fingerprint density at radius 2 is 2.17 bits per heavy atom. The van der Waals surface area contributed by atoms with Gasteiger partial charge >= 0.3 is 0 Å². The molecule has 1 aromatic rings. The van der Waals surface area contributed by atoms with Gasteiger partial charge in [0.25, 0.3) is 0 Å². The summed E-state index contributed by atoms with van der Waals surface area (Å²) in [7, 11) is 2.13. The molecule has 1 aliphatic heterocycles. The number of rotatable bonds is 0. The minimum Gasteiger partial charge on any atom is -0.337 e. The van der Waals surface area contributed by atoms with Crippen molar-refractivity contribution in [1.82, 2.24) is 0 Å². The molecule has 0 saturated carbocycles. The third-order valence-corrected chi connectivity index (χ3v) is 4.40. The number of fused-ring (bicyclic) bond motifs is 1. The third-order valence-electron chi connectivity index (χ3n) is 1.89. The fraction of sp³-hybridized carbons (Fsp3) is 0.333. The highest BCUT2D eigenvalue weighted by Gasteiger charge is 2.23. The Morgan fingerprint density at radius 1 is 1.42 bits per heavy atom. The van der Waals surface area contributed by atoms with Crippen molar-refractivity contribution in [3.05, 3.63) is 22.0 Å². The molecule has 0 bridgehead atoms. The van der Waals surface area contributed by atoms with E-state index in [1.54, 1.807) is 0 Å². The van der Waals surface area contributed by atoms with Gasteiger partial charge in [-0.15, -0.1) is 11.3 Å². The van der Waals surface area contributed by atoms with Crippen LogP contribution >= 0.6 is 23.1 Å². The molecule has 0 atom stereocenters. The predicted molar refractivity (Wildman–Crippen MR) is 57.0 cm³/mol. The van der Waals surface area contributed by atoms with E-state index in [1.807, 2.05) is 23.1 Å². The first-order chi connectivity index (χ1) is 5.70. The molecule has 3 heteroatoms. The van der Waals surface area contributed by atoms with Gasteiger partial charge in [0.1, 0.15) is 0 Å². The largest absolute Gasteiger partial charge is 0.337 e. The highest BCUT2D eigenvalue weighted by Crippen LogP contribution is 2.49. The zero-order valence-corrected chi connectivity index (χ0v) is 9.05. The molecular formula is C9H11NS2. The summed E-state index contributed by atoms with van der Waals surface area (Å²) in [6.45, 7) is 4.32. The lowest BCUT2D eigenvalue weighted by Crippen LogP contribution is -2.09. The molecule has 0 unspecified atom stereocenters. The molecule has 1 aliphatic rings. The minimum absolute atomic E-state index is 1.36. The van der Waals surface area contributed by atoms with Crippen LogP contribution in [0.25, 0.3) is 0 Å². The van der Waals surface area contributed by atoms with Crippen LogP contribution in [0.15, 0.2) is 26.3 Å². The van der Waals surface area contributed by atoms with Gasteiger partial charge in [0.15, 0.2) is 0 Å². The molecule has 64 valence electrons. The zero-order chi connectivity index (χ0) is 8.72. The number of allylic oxidation sites excluding steroid dienone is 1. The van der Waals surface area contributed by atoms with Gasteiger partial charge in [-0.3, -0.25) is 0 Å². The van der Waals surface area contributed by atoms with E-state index in [0.29, 0.717) is 0 Å². The van der Waals surface area contributed by atoms with E-state index in [4.69, 9.17) is 0 Å². The molecule has 1 aromatic heterocycles. The maximum absolute atomic E-state index is 2.27. The van der Waals surface area contributed by atoms with Gasteiger partial charge < -0.3 is 4.90 Å². The molecule has 1 nitrogen and oxygen atoms in total. The standard InChI is InChI=1S/C9H11NS2/c1-6(2)8-10(3)7-4-5-11-9(7)12-8/h4-5H,1-3H3. The molecule has 0 radical (unpaired) electrons. The van der Waals surface area contributed by atoms with E-state index in [9.17, 15) is 0 Å². The number of thioether (sulfide) groups is 1. The van der Waals surface area contributed by atoms with Crippen molar-refractivity contribution < 1.29 is 0 Å². The van der Waals surface area contributed by atoms with Crippen LogP contribution in [0.5, 0.6) is 0 Å². The maximum Gasteiger partial charge on any atom is 0.0897 e. The summed E-state index contributed by atoms with van der Waals surface area (Å²) in [4.78, 5) is 2.27. The molecule has 0 saturated heterocycles. The summed E-state index contributed by atoms with van der Waals surface area (Å²) < 4.78 is 1.42. The van der Waals surface area contributed by atoms with Gasteiger partial charge in [0, 0.05) is 7.05 Å². The van der Waals surface area contributed by atoms with Gasteiger partial charge in [-0.1, -0.05) is 11.8 Å². The maximum atomic E-state index is 2.27. The summed E-state index contributed by atoms with van der Waals surface area (Å²) in [5, 5.41) is 3.53. The van der Waals surface area contributed by atoms with Crippen molar-refractivity contribution in [3.8, 4) is 0 Å². The SMILES string of the molecule is CC(C)=C1Sc2sccc2N1C. The van der Waals surface area contributed by atoms with Crippen molar-refractivity contribution in [2.45, 2.75) is 18.1 Å². The van der Waals surface area contributed by atoms with E-state index < -0.39 is 0 Å². The highest BCUT2D eigenvalue weighted by molar-refractivity contribution is 8.05. The van der Waals surface area contributed by atoms with Crippen LogP contribution in [0.2, 0.25) is 0 Å². The Morgan fingerprint density at radius 3 is 2.75 bits per heavy atom. The second kappa shape index (κ2) is 2.82. The number of hydrogen-bond donors (Lipinski definition) is 0. The predicted octanol–water partition coefficient (Wildman–Crippen LogP) is 3.54. The number of thiophene rings is 1. The minimum atomic E-state index is 1.36. The average molecular weight is 197 g/mol. The number of anilines is 1. The molecule has 0 fully saturated rings. The lowest BCUT2D eigenvalue weighted by molar-refractivity contribution is 1.15. The summed E-state index contributed by atoms with van der Waals surface area (Å²) in [6, 6.07) is 2.18. The normalized spacial score (nSPS) is 15.2. The summed E-state index contributed by atoms with van der Waals surface area (Å²) in [5.41, 5.74) is 2.76. The van der Waals surface area contributed by atoms with Crippen LogP contribution in [0.4, 0.5) is 5.69 Å². The highest BCUT2D eigenvalue weighted by atomic mass is 32.2. The van der Waals surface area contributed by atoms with Gasteiger partial charge in [0.05, 0.1) is 14.9 Å². The van der Waals surface area contributed by atoms with Gasteiger partial charge in [-0.05, 0) is 30.9 Å². The Labute approximate surface area is 81.1 Å². The number of nitrogens with zero attached hydrogens (tertiary/aromatic N) is 1. The van der Waals surface area contributed by atoms with E-state index >= 15 is 0 Å². The molecule has 0 aromatic carbocycles. The second-order valence-corrected chi connectivity index (χ2v) is 5.23. The molecule has 0 N–H and O–H groups in total. The quantitative estimate of drug-likeness (QED) is 0.626. The van der Waals surface area contributed by atoms with Gasteiger partial charge in [-0.25, -0.2) is 0 Å². The summed E-state index contributed by atoms with van der Waals surface area (Å²) in [6.07, 6.45) is 0. The van der Waals surface area contributed by atoms with E-state index in [1.165, 1.54) is 20.5 Å². The van der Waals surface area contributed by atoms with Gasteiger partial charge in [-0.2, -0.15) is 0 Å². The van der Waals surface area contributed by atoms with Crippen LogP contribution in [0, 0.1) is 0 Å². The zero-order valence-electron chi connectivity index (χ0n) is 7.42. The summed E-state index contributed by atoms with van der Waals surface area (Å²) in [5.74, 6) is 0. The Kier molecular flexibility index (Phi) is 1.93. The smallest absolute Gasteiger partial charge is 0.0897 e. The Balaban J connectivity index is 2.46. The first-order valence-electron chi connectivity index (χ1n) is 3.86. The molecule has 0 spiro atoms. The first kappa shape index (κ1) is 8.20. The van der Waals surface area contributed by atoms with Crippen molar-refractivity contribution in [3.63, 3.8) is 0 Å². The molecule has 2 rings (SSSR count). The second-order valence-electron chi connectivity index (χ2n) is 3.06. The van der Waals surface area contributed by atoms with Crippen molar-refractivity contribution >= 4 is 28.8 Å². The molecule has 12 heavy (non-hydrogen) atoms. The van der Waals surface area contributed by atoms with Crippen LogP contribution in [0.1, 0.15) is 13.8 Å². The Bertz CT molecular complexity index is 334.